The van der Waals surface area contributed by atoms with Crippen molar-refractivity contribution in [3.05, 3.63) is 12.1 Å². The molecular weight excluding hydrogens is 214 g/mol. The van der Waals surface area contributed by atoms with Crippen LogP contribution in [0.1, 0.15) is 39.5 Å². The highest BCUT2D eigenvalue weighted by molar-refractivity contribution is 5.54. The van der Waals surface area contributed by atoms with E-state index in [0.29, 0.717) is 18.2 Å². The normalized spacial score (nSPS) is 17.3. The van der Waals surface area contributed by atoms with Gasteiger partial charge < -0.3 is 15.8 Å². The van der Waals surface area contributed by atoms with Crippen LogP contribution in [0.3, 0.4) is 0 Å². The van der Waals surface area contributed by atoms with Gasteiger partial charge in [-0.05, 0) is 44.7 Å². The van der Waals surface area contributed by atoms with Gasteiger partial charge in [-0.2, -0.15) is 4.98 Å². The number of nitrogen functional groups attached to an aromatic ring is 1. The number of hydrogen-bond acceptors (Lipinski definition) is 4. The van der Waals surface area contributed by atoms with Crippen LogP contribution in [0.4, 0.5) is 11.5 Å². The third-order valence-electron chi connectivity index (χ3n) is 3.55. The van der Waals surface area contributed by atoms with Crippen LogP contribution in [-0.4, -0.2) is 17.1 Å². The SMILES string of the molecule is CCOc1nc(NC2(CC)CCC2)ccc1N. The second-order valence-electron chi connectivity index (χ2n) is 4.64. The summed E-state index contributed by atoms with van der Waals surface area (Å²) in [5.41, 5.74) is 6.64. The molecule has 1 aromatic heterocycles. The first-order valence-corrected chi connectivity index (χ1v) is 6.36. The van der Waals surface area contributed by atoms with Gasteiger partial charge in [0.05, 0.1) is 12.3 Å². The van der Waals surface area contributed by atoms with Crippen molar-refractivity contribution < 1.29 is 4.74 Å². The molecule has 0 atom stereocenters. The molecule has 3 N–H and O–H groups in total. The second-order valence-corrected chi connectivity index (χ2v) is 4.64. The largest absolute Gasteiger partial charge is 0.476 e. The molecule has 0 saturated heterocycles. The Bertz CT molecular complexity index is 383. The molecule has 94 valence electrons. The molecule has 0 aliphatic heterocycles. The highest BCUT2D eigenvalue weighted by Gasteiger charge is 2.35. The molecule has 1 saturated carbocycles. The summed E-state index contributed by atoms with van der Waals surface area (Å²) in [6.45, 7) is 4.73. The van der Waals surface area contributed by atoms with E-state index in [-0.39, 0.29) is 5.54 Å². The van der Waals surface area contributed by atoms with Crippen LogP contribution >= 0.6 is 0 Å². The van der Waals surface area contributed by atoms with E-state index in [2.05, 4.69) is 17.2 Å². The fraction of sp³-hybridized carbons (Fsp3) is 0.615. The second kappa shape index (κ2) is 4.82. The van der Waals surface area contributed by atoms with Crippen LogP contribution in [-0.2, 0) is 0 Å². The standard InChI is InChI=1S/C13H21N3O/c1-3-13(8-5-9-13)16-11-7-6-10(14)12(15-11)17-4-2/h6-7H,3-5,8-9,14H2,1-2H3,(H,15,16). The molecule has 1 aliphatic rings. The molecule has 2 rings (SSSR count). The van der Waals surface area contributed by atoms with Crippen molar-refractivity contribution in [1.29, 1.82) is 0 Å². The van der Waals surface area contributed by atoms with Crippen molar-refractivity contribution in [2.24, 2.45) is 0 Å². The molecule has 0 amide bonds. The summed E-state index contributed by atoms with van der Waals surface area (Å²) in [5, 5.41) is 3.52. The summed E-state index contributed by atoms with van der Waals surface area (Å²) in [7, 11) is 0. The van der Waals surface area contributed by atoms with Crippen molar-refractivity contribution in [2.45, 2.75) is 45.1 Å². The summed E-state index contributed by atoms with van der Waals surface area (Å²) in [6.07, 6.45) is 4.87. The van der Waals surface area contributed by atoms with E-state index >= 15 is 0 Å². The fourth-order valence-corrected chi connectivity index (χ4v) is 2.22. The number of hydrogen-bond donors (Lipinski definition) is 2. The molecule has 0 aromatic carbocycles. The molecule has 1 aromatic rings. The van der Waals surface area contributed by atoms with Crippen LogP contribution in [0.2, 0.25) is 0 Å². The maximum Gasteiger partial charge on any atom is 0.239 e. The lowest BCUT2D eigenvalue weighted by atomic mass is 9.75. The lowest BCUT2D eigenvalue weighted by molar-refractivity contribution is 0.268. The number of aromatic nitrogens is 1. The minimum Gasteiger partial charge on any atom is -0.476 e. The predicted molar refractivity (Wildman–Crippen MR) is 70.3 cm³/mol. The van der Waals surface area contributed by atoms with Gasteiger partial charge in [-0.3, -0.25) is 0 Å². The fourth-order valence-electron chi connectivity index (χ4n) is 2.22. The van der Waals surface area contributed by atoms with Crippen molar-refractivity contribution in [3.63, 3.8) is 0 Å². The Labute approximate surface area is 103 Å². The zero-order valence-corrected chi connectivity index (χ0v) is 10.6. The van der Waals surface area contributed by atoms with Gasteiger partial charge in [0.2, 0.25) is 5.88 Å². The summed E-state index contributed by atoms with van der Waals surface area (Å²) in [4.78, 5) is 4.42. The van der Waals surface area contributed by atoms with Crippen LogP contribution in [0.5, 0.6) is 5.88 Å². The molecule has 0 spiro atoms. The lowest BCUT2D eigenvalue weighted by Gasteiger charge is -2.42. The third-order valence-corrected chi connectivity index (χ3v) is 3.55. The Balaban J connectivity index is 2.13. The third kappa shape index (κ3) is 2.46. The zero-order valence-electron chi connectivity index (χ0n) is 10.6. The Morgan fingerprint density at radius 3 is 2.71 bits per heavy atom. The molecule has 0 unspecified atom stereocenters. The Kier molecular flexibility index (Phi) is 3.41. The monoisotopic (exact) mass is 235 g/mol. The van der Waals surface area contributed by atoms with Crippen molar-refractivity contribution >= 4 is 11.5 Å². The number of nitrogens with one attached hydrogen (secondary N) is 1. The topological polar surface area (TPSA) is 60.2 Å². The lowest BCUT2D eigenvalue weighted by Crippen LogP contribution is -2.44. The summed E-state index contributed by atoms with van der Waals surface area (Å²) in [6, 6.07) is 3.77. The van der Waals surface area contributed by atoms with Gasteiger partial charge in [-0.15, -0.1) is 0 Å². The van der Waals surface area contributed by atoms with E-state index < -0.39 is 0 Å². The molecule has 1 fully saturated rings. The van der Waals surface area contributed by atoms with E-state index in [9.17, 15) is 0 Å². The molecule has 0 radical (unpaired) electrons. The predicted octanol–water partition coefficient (Wildman–Crippen LogP) is 2.81. The molecule has 1 aliphatic carbocycles. The maximum absolute atomic E-state index is 5.80. The van der Waals surface area contributed by atoms with E-state index in [4.69, 9.17) is 10.5 Å². The van der Waals surface area contributed by atoms with Gasteiger partial charge in [0.1, 0.15) is 5.82 Å². The average Bonchev–Trinajstić information content (AvgIpc) is 2.28. The van der Waals surface area contributed by atoms with Crippen molar-refractivity contribution in [3.8, 4) is 5.88 Å². The molecule has 4 nitrogen and oxygen atoms in total. The zero-order chi connectivity index (χ0) is 12.3. The molecule has 17 heavy (non-hydrogen) atoms. The molecule has 4 heteroatoms. The minimum atomic E-state index is 0.243. The van der Waals surface area contributed by atoms with Gasteiger partial charge in [0, 0.05) is 5.54 Å². The van der Waals surface area contributed by atoms with Crippen LogP contribution in [0.25, 0.3) is 0 Å². The van der Waals surface area contributed by atoms with E-state index in [1.807, 2.05) is 19.1 Å². The molecule has 1 heterocycles. The van der Waals surface area contributed by atoms with Crippen LogP contribution in [0, 0.1) is 0 Å². The summed E-state index contributed by atoms with van der Waals surface area (Å²) >= 11 is 0. The maximum atomic E-state index is 5.80. The number of pyridine rings is 1. The first kappa shape index (κ1) is 12.0. The number of rotatable bonds is 5. The first-order chi connectivity index (χ1) is 8.19. The van der Waals surface area contributed by atoms with E-state index in [1.54, 1.807) is 0 Å². The first-order valence-electron chi connectivity index (χ1n) is 6.36. The van der Waals surface area contributed by atoms with Gasteiger partial charge >= 0.3 is 0 Å². The van der Waals surface area contributed by atoms with Crippen molar-refractivity contribution in [1.82, 2.24) is 4.98 Å². The molecule has 0 bridgehead atoms. The Morgan fingerprint density at radius 2 is 2.18 bits per heavy atom. The van der Waals surface area contributed by atoms with E-state index in [0.717, 1.165) is 12.2 Å². The van der Waals surface area contributed by atoms with Gasteiger partial charge in [-0.25, -0.2) is 0 Å². The van der Waals surface area contributed by atoms with Crippen LogP contribution in [0.15, 0.2) is 12.1 Å². The number of nitrogens with zero attached hydrogens (tertiary/aromatic N) is 1. The number of ether oxygens (including phenoxy) is 1. The Hall–Kier alpha value is -1.45. The quantitative estimate of drug-likeness (QED) is 0.824. The van der Waals surface area contributed by atoms with Crippen LogP contribution < -0.4 is 15.8 Å². The minimum absolute atomic E-state index is 0.243. The number of anilines is 2. The van der Waals surface area contributed by atoms with Crippen molar-refractivity contribution in [2.75, 3.05) is 17.7 Å². The van der Waals surface area contributed by atoms with E-state index in [1.165, 1.54) is 19.3 Å². The highest BCUT2D eigenvalue weighted by Crippen LogP contribution is 2.38. The van der Waals surface area contributed by atoms with Gasteiger partial charge in [-0.1, -0.05) is 6.92 Å². The summed E-state index contributed by atoms with van der Waals surface area (Å²) in [5.74, 6) is 1.40. The highest BCUT2D eigenvalue weighted by atomic mass is 16.5. The summed E-state index contributed by atoms with van der Waals surface area (Å²) < 4.78 is 5.40. The average molecular weight is 235 g/mol. The van der Waals surface area contributed by atoms with Gasteiger partial charge in [0.15, 0.2) is 0 Å². The Morgan fingerprint density at radius 1 is 1.41 bits per heavy atom. The molecular formula is C13H21N3O. The van der Waals surface area contributed by atoms with Gasteiger partial charge in [0.25, 0.3) is 0 Å². The smallest absolute Gasteiger partial charge is 0.239 e. The number of nitrogens with two attached hydrogens (primary N) is 1.